The summed E-state index contributed by atoms with van der Waals surface area (Å²) in [5, 5.41) is 2.18. The van der Waals surface area contributed by atoms with Crippen molar-refractivity contribution < 1.29 is 4.74 Å². The summed E-state index contributed by atoms with van der Waals surface area (Å²) in [6, 6.07) is 19.0. The SMILES string of the molecule is CC1COCCN1c1nc(-c2cccc3[nH]ccc23)nc2ccc(-c3ccncc3)cc12. The summed E-state index contributed by atoms with van der Waals surface area (Å²) in [6.45, 7) is 4.38. The van der Waals surface area contributed by atoms with Gasteiger partial charge in [0.25, 0.3) is 0 Å². The lowest BCUT2D eigenvalue weighted by Crippen LogP contribution is -2.44. The molecule has 32 heavy (non-hydrogen) atoms. The minimum Gasteiger partial charge on any atom is -0.377 e. The molecule has 6 rings (SSSR count). The van der Waals surface area contributed by atoms with E-state index in [9.17, 15) is 0 Å². The normalized spacial score (nSPS) is 16.7. The minimum absolute atomic E-state index is 0.238. The lowest BCUT2D eigenvalue weighted by molar-refractivity contribution is 0.0987. The molecule has 0 saturated carbocycles. The number of aromatic amines is 1. The molecule has 1 N–H and O–H groups in total. The molecular formula is C26H23N5O. The zero-order valence-electron chi connectivity index (χ0n) is 17.8. The zero-order chi connectivity index (χ0) is 21.5. The zero-order valence-corrected chi connectivity index (χ0v) is 17.8. The highest BCUT2D eigenvalue weighted by molar-refractivity contribution is 5.98. The van der Waals surface area contributed by atoms with E-state index >= 15 is 0 Å². The van der Waals surface area contributed by atoms with Crippen molar-refractivity contribution in [2.24, 2.45) is 0 Å². The molecule has 2 aromatic carbocycles. The summed E-state index contributed by atoms with van der Waals surface area (Å²) >= 11 is 0. The molecule has 1 aliphatic rings. The maximum atomic E-state index is 5.70. The molecule has 3 aromatic heterocycles. The van der Waals surface area contributed by atoms with Gasteiger partial charge >= 0.3 is 0 Å². The number of aromatic nitrogens is 4. The van der Waals surface area contributed by atoms with Crippen molar-refractivity contribution in [1.82, 2.24) is 19.9 Å². The molecule has 0 aliphatic carbocycles. The third-order valence-corrected chi connectivity index (χ3v) is 6.16. The number of ether oxygens (including phenoxy) is 1. The second-order valence-electron chi connectivity index (χ2n) is 8.20. The highest BCUT2D eigenvalue weighted by Gasteiger charge is 2.24. The fourth-order valence-corrected chi connectivity index (χ4v) is 4.50. The van der Waals surface area contributed by atoms with Crippen molar-refractivity contribution >= 4 is 27.6 Å². The predicted octanol–water partition coefficient (Wildman–Crippen LogP) is 5.07. The summed E-state index contributed by atoms with van der Waals surface area (Å²) in [7, 11) is 0. The first-order chi connectivity index (χ1) is 15.8. The van der Waals surface area contributed by atoms with Gasteiger partial charge in [0.15, 0.2) is 5.82 Å². The van der Waals surface area contributed by atoms with Crippen LogP contribution in [-0.4, -0.2) is 45.7 Å². The second-order valence-corrected chi connectivity index (χ2v) is 8.20. The van der Waals surface area contributed by atoms with Crippen LogP contribution in [0.2, 0.25) is 0 Å². The summed E-state index contributed by atoms with van der Waals surface area (Å²) in [6.07, 6.45) is 5.60. The Balaban J connectivity index is 1.59. The van der Waals surface area contributed by atoms with Gasteiger partial charge in [-0.15, -0.1) is 0 Å². The molecule has 0 amide bonds. The Morgan fingerprint density at radius 3 is 2.75 bits per heavy atom. The molecule has 1 aliphatic heterocycles. The first kappa shape index (κ1) is 19.0. The third-order valence-electron chi connectivity index (χ3n) is 6.16. The van der Waals surface area contributed by atoms with Crippen LogP contribution in [0.4, 0.5) is 5.82 Å². The molecule has 1 unspecified atom stereocenters. The van der Waals surface area contributed by atoms with Crippen molar-refractivity contribution in [2.75, 3.05) is 24.7 Å². The maximum Gasteiger partial charge on any atom is 0.162 e. The van der Waals surface area contributed by atoms with Crippen molar-refractivity contribution in [3.63, 3.8) is 0 Å². The van der Waals surface area contributed by atoms with Crippen molar-refractivity contribution in [3.8, 4) is 22.5 Å². The predicted molar refractivity (Wildman–Crippen MR) is 128 cm³/mol. The van der Waals surface area contributed by atoms with E-state index < -0.39 is 0 Å². The standard InChI is InChI=1S/C26H23N5O/c1-17-16-32-14-13-31(17)26-22-15-19(18-7-10-27-11-8-18)5-6-24(22)29-25(30-26)21-3-2-4-23-20(21)9-12-28-23/h2-12,15,17,28H,13-14,16H2,1H3. The van der Waals surface area contributed by atoms with Crippen molar-refractivity contribution in [1.29, 1.82) is 0 Å². The van der Waals surface area contributed by atoms with E-state index in [0.29, 0.717) is 13.2 Å². The van der Waals surface area contributed by atoms with Gasteiger partial charge in [0.1, 0.15) is 5.82 Å². The summed E-state index contributed by atoms with van der Waals surface area (Å²) in [4.78, 5) is 19.9. The average molecular weight is 422 g/mol. The van der Waals surface area contributed by atoms with E-state index in [0.717, 1.165) is 56.7 Å². The van der Waals surface area contributed by atoms with Crippen LogP contribution in [0.5, 0.6) is 0 Å². The topological polar surface area (TPSA) is 66.9 Å². The van der Waals surface area contributed by atoms with Crippen LogP contribution in [0.15, 0.2) is 73.2 Å². The number of nitrogens with zero attached hydrogens (tertiary/aromatic N) is 4. The van der Waals surface area contributed by atoms with Gasteiger partial charge in [0.05, 0.1) is 24.8 Å². The van der Waals surface area contributed by atoms with E-state index in [2.05, 4.69) is 58.2 Å². The van der Waals surface area contributed by atoms with Crippen LogP contribution in [0.3, 0.4) is 0 Å². The molecule has 158 valence electrons. The Morgan fingerprint density at radius 1 is 0.969 bits per heavy atom. The number of hydrogen-bond donors (Lipinski definition) is 1. The smallest absolute Gasteiger partial charge is 0.162 e. The van der Waals surface area contributed by atoms with Crippen LogP contribution in [0.25, 0.3) is 44.3 Å². The third kappa shape index (κ3) is 3.20. The summed E-state index contributed by atoms with van der Waals surface area (Å²) in [5.74, 6) is 1.71. The summed E-state index contributed by atoms with van der Waals surface area (Å²) < 4.78 is 5.70. The Labute approximate surface area is 185 Å². The maximum absolute atomic E-state index is 5.70. The lowest BCUT2D eigenvalue weighted by atomic mass is 10.0. The van der Waals surface area contributed by atoms with E-state index in [1.807, 2.05) is 36.8 Å². The van der Waals surface area contributed by atoms with E-state index in [-0.39, 0.29) is 6.04 Å². The first-order valence-electron chi connectivity index (χ1n) is 10.9. The van der Waals surface area contributed by atoms with Crippen LogP contribution < -0.4 is 4.90 Å². The number of hydrogen-bond acceptors (Lipinski definition) is 5. The molecule has 1 saturated heterocycles. The highest BCUT2D eigenvalue weighted by atomic mass is 16.5. The Kier molecular flexibility index (Phi) is 4.58. The molecule has 0 radical (unpaired) electrons. The van der Waals surface area contributed by atoms with Gasteiger partial charge in [-0.2, -0.15) is 0 Å². The van der Waals surface area contributed by atoms with Gasteiger partial charge < -0.3 is 14.6 Å². The van der Waals surface area contributed by atoms with E-state index in [1.165, 1.54) is 0 Å². The number of nitrogens with one attached hydrogen (secondary N) is 1. The lowest BCUT2D eigenvalue weighted by Gasteiger charge is -2.35. The molecule has 1 atom stereocenters. The molecular weight excluding hydrogens is 398 g/mol. The van der Waals surface area contributed by atoms with Crippen LogP contribution >= 0.6 is 0 Å². The van der Waals surface area contributed by atoms with Crippen LogP contribution in [0, 0.1) is 0 Å². The number of anilines is 1. The van der Waals surface area contributed by atoms with Crippen LogP contribution in [-0.2, 0) is 4.74 Å². The number of morpholine rings is 1. The molecule has 6 heteroatoms. The van der Waals surface area contributed by atoms with E-state index in [1.54, 1.807) is 0 Å². The number of fused-ring (bicyclic) bond motifs is 2. The largest absolute Gasteiger partial charge is 0.377 e. The number of rotatable bonds is 3. The Morgan fingerprint density at radius 2 is 1.88 bits per heavy atom. The Bertz CT molecular complexity index is 1410. The Hall–Kier alpha value is -3.77. The van der Waals surface area contributed by atoms with Gasteiger partial charge in [0, 0.05) is 47.0 Å². The van der Waals surface area contributed by atoms with Gasteiger partial charge in [-0.3, -0.25) is 4.98 Å². The fourth-order valence-electron chi connectivity index (χ4n) is 4.50. The van der Waals surface area contributed by atoms with Gasteiger partial charge in [-0.05, 0) is 54.4 Å². The van der Waals surface area contributed by atoms with Gasteiger partial charge in [0.2, 0.25) is 0 Å². The monoisotopic (exact) mass is 421 g/mol. The van der Waals surface area contributed by atoms with E-state index in [4.69, 9.17) is 14.7 Å². The number of benzene rings is 2. The first-order valence-corrected chi connectivity index (χ1v) is 10.9. The molecule has 5 aromatic rings. The molecule has 0 spiro atoms. The molecule has 6 nitrogen and oxygen atoms in total. The molecule has 0 bridgehead atoms. The second kappa shape index (κ2) is 7.73. The van der Waals surface area contributed by atoms with Crippen molar-refractivity contribution in [3.05, 3.63) is 73.2 Å². The molecule has 4 heterocycles. The van der Waals surface area contributed by atoms with Crippen LogP contribution in [0.1, 0.15) is 6.92 Å². The average Bonchev–Trinajstić information content (AvgIpc) is 3.33. The quantitative estimate of drug-likeness (QED) is 0.441. The number of H-pyrrole nitrogens is 1. The van der Waals surface area contributed by atoms with Gasteiger partial charge in [-0.1, -0.05) is 18.2 Å². The number of pyridine rings is 1. The summed E-state index contributed by atoms with van der Waals surface area (Å²) in [5.41, 5.74) is 5.32. The van der Waals surface area contributed by atoms with Crippen molar-refractivity contribution in [2.45, 2.75) is 13.0 Å². The minimum atomic E-state index is 0.238. The molecule has 1 fully saturated rings. The fraction of sp³-hybridized carbons (Fsp3) is 0.192. The highest BCUT2D eigenvalue weighted by Crippen LogP contribution is 2.34. The van der Waals surface area contributed by atoms with Gasteiger partial charge in [-0.25, -0.2) is 9.97 Å².